The summed E-state index contributed by atoms with van der Waals surface area (Å²) in [6.07, 6.45) is -0.897. The fraction of sp³-hybridized carbons (Fsp3) is 0.381. The van der Waals surface area contributed by atoms with Crippen LogP contribution < -0.4 is 0 Å². The Morgan fingerprint density at radius 3 is 2.04 bits per heavy atom. The van der Waals surface area contributed by atoms with Crippen LogP contribution in [-0.4, -0.2) is 26.3 Å². The van der Waals surface area contributed by atoms with Gasteiger partial charge < -0.3 is 14.2 Å². The Kier molecular flexibility index (Phi) is 6.73. The second-order valence-electron chi connectivity index (χ2n) is 6.50. The van der Waals surface area contributed by atoms with Crippen molar-refractivity contribution in [2.45, 2.75) is 32.7 Å². The zero-order valence-corrected chi connectivity index (χ0v) is 15.3. The average Bonchev–Trinajstić information content (AvgIpc) is 2.65. The van der Waals surface area contributed by atoms with Crippen LogP contribution in [-0.2, 0) is 25.6 Å². The van der Waals surface area contributed by atoms with E-state index in [1.54, 1.807) is 7.11 Å². The number of carbonyl (C=O) groups is 1. The first-order valence-corrected chi connectivity index (χ1v) is 8.32. The number of methoxy groups -OCH3 is 2. The van der Waals surface area contributed by atoms with Crippen molar-refractivity contribution in [3.8, 4) is 0 Å². The van der Waals surface area contributed by atoms with Gasteiger partial charge in [-0.25, -0.2) is 0 Å². The van der Waals surface area contributed by atoms with Gasteiger partial charge in [0, 0.05) is 7.11 Å². The Bertz CT molecular complexity index is 652. The molecule has 0 radical (unpaired) electrons. The maximum atomic E-state index is 12.3. The van der Waals surface area contributed by atoms with E-state index in [-0.39, 0.29) is 5.97 Å². The van der Waals surface area contributed by atoms with Gasteiger partial charge >= 0.3 is 5.97 Å². The summed E-state index contributed by atoms with van der Waals surface area (Å²) < 4.78 is 16.9. The van der Waals surface area contributed by atoms with Gasteiger partial charge in [-0.2, -0.15) is 0 Å². The van der Waals surface area contributed by atoms with Gasteiger partial charge in [-0.05, 0) is 25.0 Å². The predicted octanol–water partition coefficient (Wildman–Crippen LogP) is 4.16. The Hall–Kier alpha value is -2.17. The van der Waals surface area contributed by atoms with Crippen LogP contribution in [0.4, 0.5) is 0 Å². The third-order valence-corrected chi connectivity index (χ3v) is 4.35. The van der Waals surface area contributed by atoms with Gasteiger partial charge in [0.25, 0.3) is 0 Å². The molecule has 0 aliphatic rings. The van der Waals surface area contributed by atoms with Crippen LogP contribution in [0, 0.1) is 5.41 Å². The fourth-order valence-corrected chi connectivity index (χ4v) is 2.94. The van der Waals surface area contributed by atoms with Gasteiger partial charge in [0.15, 0.2) is 0 Å². The molecule has 0 bridgehead atoms. The van der Waals surface area contributed by atoms with Gasteiger partial charge in [-0.3, -0.25) is 4.79 Å². The van der Waals surface area contributed by atoms with Crippen LogP contribution >= 0.6 is 0 Å². The molecule has 0 aliphatic heterocycles. The summed E-state index contributed by atoms with van der Waals surface area (Å²) in [5, 5.41) is 0. The van der Waals surface area contributed by atoms with Crippen molar-refractivity contribution >= 4 is 5.97 Å². The van der Waals surface area contributed by atoms with E-state index in [9.17, 15) is 4.79 Å². The molecule has 0 unspecified atom stereocenters. The SMILES string of the molecule is COC(=O)C(C)(C)[C@@H](OC)[C@H](OCc1ccccc1)c1ccccc1. The minimum atomic E-state index is -0.860. The van der Waals surface area contributed by atoms with Crippen LogP contribution in [0.2, 0.25) is 0 Å². The van der Waals surface area contributed by atoms with Crippen molar-refractivity contribution in [2.24, 2.45) is 5.41 Å². The van der Waals surface area contributed by atoms with E-state index >= 15 is 0 Å². The fourth-order valence-electron chi connectivity index (χ4n) is 2.94. The van der Waals surface area contributed by atoms with Crippen LogP contribution in [0.25, 0.3) is 0 Å². The van der Waals surface area contributed by atoms with E-state index in [4.69, 9.17) is 14.2 Å². The molecule has 0 aliphatic carbocycles. The molecule has 4 nitrogen and oxygen atoms in total. The van der Waals surface area contributed by atoms with E-state index in [1.807, 2.05) is 74.5 Å². The van der Waals surface area contributed by atoms with E-state index in [2.05, 4.69) is 0 Å². The molecule has 2 rings (SSSR count). The number of esters is 1. The maximum Gasteiger partial charge on any atom is 0.313 e. The van der Waals surface area contributed by atoms with E-state index < -0.39 is 17.6 Å². The topological polar surface area (TPSA) is 44.8 Å². The average molecular weight is 342 g/mol. The number of rotatable bonds is 8. The first kappa shape index (κ1) is 19.2. The first-order valence-electron chi connectivity index (χ1n) is 8.32. The molecule has 0 fully saturated rings. The van der Waals surface area contributed by atoms with Crippen molar-refractivity contribution in [2.75, 3.05) is 14.2 Å². The molecule has 0 saturated carbocycles. The monoisotopic (exact) mass is 342 g/mol. The van der Waals surface area contributed by atoms with E-state index in [0.29, 0.717) is 6.61 Å². The summed E-state index contributed by atoms with van der Waals surface area (Å²) in [7, 11) is 2.98. The van der Waals surface area contributed by atoms with Crippen molar-refractivity contribution in [1.82, 2.24) is 0 Å². The third kappa shape index (κ3) is 4.68. The molecule has 0 heterocycles. The van der Waals surface area contributed by atoms with Crippen LogP contribution in [0.15, 0.2) is 60.7 Å². The third-order valence-electron chi connectivity index (χ3n) is 4.35. The number of hydrogen-bond acceptors (Lipinski definition) is 4. The molecule has 2 aromatic carbocycles. The summed E-state index contributed by atoms with van der Waals surface area (Å²) in [6, 6.07) is 19.7. The quantitative estimate of drug-likeness (QED) is 0.676. The minimum Gasteiger partial charge on any atom is -0.469 e. The smallest absolute Gasteiger partial charge is 0.313 e. The molecule has 0 aromatic heterocycles. The predicted molar refractivity (Wildman–Crippen MR) is 97.0 cm³/mol. The van der Waals surface area contributed by atoms with Crippen LogP contribution in [0.5, 0.6) is 0 Å². The molecule has 0 saturated heterocycles. The molecule has 2 atom stereocenters. The lowest BCUT2D eigenvalue weighted by atomic mass is 9.81. The highest BCUT2D eigenvalue weighted by atomic mass is 16.5. The highest BCUT2D eigenvalue weighted by Gasteiger charge is 2.44. The molecule has 134 valence electrons. The van der Waals surface area contributed by atoms with Crippen LogP contribution in [0.1, 0.15) is 31.1 Å². The Balaban J connectivity index is 2.31. The normalized spacial score (nSPS) is 13.9. The molecular formula is C21H26O4. The lowest BCUT2D eigenvalue weighted by Crippen LogP contribution is -2.43. The molecule has 0 amide bonds. The van der Waals surface area contributed by atoms with E-state index in [1.165, 1.54) is 7.11 Å². The minimum absolute atomic E-state index is 0.330. The summed E-state index contributed by atoms with van der Waals surface area (Å²) >= 11 is 0. The van der Waals surface area contributed by atoms with Crippen molar-refractivity contribution in [3.05, 3.63) is 71.8 Å². The number of carbonyl (C=O) groups excluding carboxylic acids is 1. The number of ether oxygens (including phenoxy) is 3. The number of hydrogen-bond donors (Lipinski definition) is 0. The lowest BCUT2D eigenvalue weighted by molar-refractivity contribution is -0.170. The molecule has 4 heteroatoms. The van der Waals surface area contributed by atoms with Crippen molar-refractivity contribution < 1.29 is 19.0 Å². The summed E-state index contributed by atoms with van der Waals surface area (Å²) in [5.41, 5.74) is 1.16. The second-order valence-corrected chi connectivity index (χ2v) is 6.50. The Morgan fingerprint density at radius 2 is 1.52 bits per heavy atom. The van der Waals surface area contributed by atoms with Crippen LogP contribution in [0.3, 0.4) is 0 Å². The van der Waals surface area contributed by atoms with Gasteiger partial charge in [-0.15, -0.1) is 0 Å². The highest BCUT2D eigenvalue weighted by Crippen LogP contribution is 2.36. The maximum absolute atomic E-state index is 12.3. The standard InChI is InChI=1S/C21H26O4/c1-21(2,20(22)24-4)19(23-3)18(17-13-9-6-10-14-17)25-15-16-11-7-5-8-12-16/h5-14,18-19H,15H2,1-4H3/t18-,19+/m1/s1. The summed E-state index contributed by atoms with van der Waals surface area (Å²) in [5.74, 6) is -0.330. The summed E-state index contributed by atoms with van der Waals surface area (Å²) in [4.78, 5) is 12.3. The first-order chi connectivity index (χ1) is 12.0. The lowest BCUT2D eigenvalue weighted by Gasteiger charge is -2.36. The zero-order chi connectivity index (χ0) is 18.3. The molecular weight excluding hydrogens is 316 g/mol. The second kappa shape index (κ2) is 8.79. The van der Waals surface area contributed by atoms with Crippen molar-refractivity contribution in [3.63, 3.8) is 0 Å². The van der Waals surface area contributed by atoms with Gasteiger partial charge in [0.05, 0.1) is 19.1 Å². The molecule has 25 heavy (non-hydrogen) atoms. The van der Waals surface area contributed by atoms with Gasteiger partial charge in [0.2, 0.25) is 0 Å². The Labute approximate surface area is 149 Å². The van der Waals surface area contributed by atoms with E-state index in [0.717, 1.165) is 11.1 Å². The molecule has 2 aromatic rings. The van der Waals surface area contributed by atoms with Gasteiger partial charge in [0.1, 0.15) is 12.2 Å². The van der Waals surface area contributed by atoms with Crippen molar-refractivity contribution in [1.29, 1.82) is 0 Å². The van der Waals surface area contributed by atoms with Gasteiger partial charge in [-0.1, -0.05) is 60.7 Å². The zero-order valence-electron chi connectivity index (χ0n) is 15.3. The molecule has 0 spiro atoms. The number of benzene rings is 2. The summed E-state index contributed by atoms with van der Waals surface area (Å²) in [6.45, 7) is 4.06. The highest BCUT2D eigenvalue weighted by molar-refractivity contribution is 5.76. The molecule has 0 N–H and O–H groups in total. The Morgan fingerprint density at radius 1 is 0.960 bits per heavy atom. The largest absolute Gasteiger partial charge is 0.469 e.